The highest BCUT2D eigenvalue weighted by Crippen LogP contribution is 2.43. The van der Waals surface area contributed by atoms with Crippen molar-refractivity contribution in [2.75, 3.05) is 13.7 Å². The average molecular weight is 364 g/mol. The van der Waals surface area contributed by atoms with Gasteiger partial charge in [0, 0.05) is 5.92 Å². The van der Waals surface area contributed by atoms with E-state index in [1.54, 1.807) is 20.1 Å². The monoisotopic (exact) mass is 364 g/mol. The Kier molecular flexibility index (Phi) is 5.75. The average Bonchev–Trinajstić information content (AvgIpc) is 2.68. The fourth-order valence-corrected chi connectivity index (χ4v) is 3.62. The van der Waals surface area contributed by atoms with Crippen molar-refractivity contribution >= 4 is 17.3 Å². The summed E-state index contributed by atoms with van der Waals surface area (Å²) in [7, 11) is 1.60. The number of ether oxygens (including phenoxy) is 2. The highest BCUT2D eigenvalue weighted by Gasteiger charge is 2.40. The molecule has 4 heteroatoms. The number of aryl methyl sites for hydroxylation is 1. The van der Waals surface area contributed by atoms with Crippen molar-refractivity contribution in [1.29, 1.82) is 0 Å². The molecule has 0 amide bonds. The second-order valence-electron chi connectivity index (χ2n) is 6.72. The number of esters is 1. The van der Waals surface area contributed by atoms with Crippen LogP contribution in [-0.2, 0) is 14.3 Å². The van der Waals surface area contributed by atoms with Gasteiger partial charge in [0.1, 0.15) is 11.7 Å². The van der Waals surface area contributed by atoms with Gasteiger partial charge in [-0.2, -0.15) is 0 Å². The summed E-state index contributed by atoms with van der Waals surface area (Å²) in [6, 6.07) is 15.6. The first kappa shape index (κ1) is 18.9. The molecular weight excluding hydrogens is 340 g/mol. The molecule has 0 bridgehead atoms. The smallest absolute Gasteiger partial charge is 0.317 e. The number of hydrogen-bond donors (Lipinski definition) is 0. The molecule has 2 atom stereocenters. The molecule has 0 saturated heterocycles. The van der Waals surface area contributed by atoms with Crippen LogP contribution in [0.25, 0.3) is 5.57 Å². The van der Waals surface area contributed by atoms with Gasteiger partial charge in [-0.3, -0.25) is 9.59 Å². The molecule has 0 spiro atoms. The summed E-state index contributed by atoms with van der Waals surface area (Å²) < 4.78 is 10.7. The van der Waals surface area contributed by atoms with Crippen LogP contribution >= 0.6 is 0 Å². The van der Waals surface area contributed by atoms with E-state index in [0.717, 1.165) is 22.3 Å². The summed E-state index contributed by atoms with van der Waals surface area (Å²) in [4.78, 5) is 25.5. The molecule has 4 nitrogen and oxygen atoms in total. The van der Waals surface area contributed by atoms with Crippen molar-refractivity contribution in [2.24, 2.45) is 5.92 Å². The standard InChI is InChI=1S/C23H24O4/c1-4-27-23(25)22-19(18-7-5-6-8-21(18)26-3)13-17(14-20(22)24)16-11-9-15(2)10-12-16/h5-12,14,19,22H,4,13H2,1-3H3/t19-,22-/m0/s1. The van der Waals surface area contributed by atoms with E-state index in [1.165, 1.54) is 0 Å². The zero-order chi connectivity index (χ0) is 19.4. The second-order valence-corrected chi connectivity index (χ2v) is 6.72. The van der Waals surface area contributed by atoms with E-state index >= 15 is 0 Å². The maximum Gasteiger partial charge on any atom is 0.317 e. The number of methoxy groups -OCH3 is 1. The number of para-hydroxylation sites is 1. The van der Waals surface area contributed by atoms with Gasteiger partial charge >= 0.3 is 5.97 Å². The van der Waals surface area contributed by atoms with Crippen molar-refractivity contribution in [3.05, 3.63) is 71.3 Å². The Balaban J connectivity index is 2.06. The van der Waals surface area contributed by atoms with Crippen molar-refractivity contribution in [3.63, 3.8) is 0 Å². The van der Waals surface area contributed by atoms with Crippen molar-refractivity contribution < 1.29 is 19.1 Å². The Morgan fingerprint density at radius 2 is 1.81 bits per heavy atom. The zero-order valence-electron chi connectivity index (χ0n) is 15.9. The number of rotatable bonds is 5. The van der Waals surface area contributed by atoms with Crippen LogP contribution in [0.1, 0.15) is 36.0 Å². The second kappa shape index (κ2) is 8.21. The van der Waals surface area contributed by atoms with E-state index in [1.807, 2.05) is 55.5 Å². The predicted octanol–water partition coefficient (Wildman–Crippen LogP) is 4.32. The van der Waals surface area contributed by atoms with Crippen molar-refractivity contribution in [2.45, 2.75) is 26.2 Å². The molecule has 1 aliphatic carbocycles. The largest absolute Gasteiger partial charge is 0.496 e. The zero-order valence-corrected chi connectivity index (χ0v) is 15.9. The molecule has 1 aliphatic rings. The van der Waals surface area contributed by atoms with Crippen molar-refractivity contribution in [1.82, 2.24) is 0 Å². The Morgan fingerprint density at radius 1 is 1.11 bits per heavy atom. The Bertz CT molecular complexity index is 864. The van der Waals surface area contributed by atoms with Gasteiger partial charge in [0.2, 0.25) is 0 Å². The minimum absolute atomic E-state index is 0.216. The molecule has 0 N–H and O–H groups in total. The first-order valence-electron chi connectivity index (χ1n) is 9.16. The van der Waals surface area contributed by atoms with Gasteiger partial charge in [0.25, 0.3) is 0 Å². The van der Waals surface area contributed by atoms with Crippen LogP contribution < -0.4 is 4.74 Å². The SMILES string of the molecule is CCOC(=O)[C@@H]1C(=O)C=C(c2ccc(C)cc2)C[C@H]1c1ccccc1OC. The lowest BCUT2D eigenvalue weighted by atomic mass is 9.73. The van der Waals surface area contributed by atoms with Gasteiger partial charge in [0.05, 0.1) is 13.7 Å². The summed E-state index contributed by atoms with van der Waals surface area (Å²) >= 11 is 0. The number of allylic oxidation sites excluding steroid dienone is 2. The highest BCUT2D eigenvalue weighted by atomic mass is 16.5. The molecule has 0 radical (unpaired) electrons. The summed E-state index contributed by atoms with van der Waals surface area (Å²) in [5.41, 5.74) is 3.93. The molecule has 0 fully saturated rings. The molecule has 3 rings (SSSR count). The fourth-order valence-electron chi connectivity index (χ4n) is 3.62. The number of carbonyl (C=O) groups is 2. The number of carbonyl (C=O) groups excluding carboxylic acids is 2. The van der Waals surface area contributed by atoms with Gasteiger partial charge in [0.15, 0.2) is 5.78 Å². The van der Waals surface area contributed by atoms with Gasteiger partial charge in [-0.05, 0) is 49.1 Å². The molecule has 0 aliphatic heterocycles. The molecule has 2 aromatic rings. The molecule has 0 heterocycles. The van der Waals surface area contributed by atoms with Crippen LogP contribution in [0.4, 0.5) is 0 Å². The molecule has 2 aromatic carbocycles. The van der Waals surface area contributed by atoms with Crippen LogP contribution in [0.3, 0.4) is 0 Å². The van der Waals surface area contributed by atoms with Crippen LogP contribution in [0.5, 0.6) is 5.75 Å². The van der Waals surface area contributed by atoms with E-state index in [-0.39, 0.29) is 18.3 Å². The molecular formula is C23H24O4. The Morgan fingerprint density at radius 3 is 2.48 bits per heavy atom. The van der Waals surface area contributed by atoms with E-state index in [4.69, 9.17) is 9.47 Å². The highest BCUT2D eigenvalue weighted by molar-refractivity contribution is 6.10. The van der Waals surface area contributed by atoms with E-state index in [0.29, 0.717) is 12.2 Å². The van der Waals surface area contributed by atoms with Crippen molar-refractivity contribution in [3.8, 4) is 5.75 Å². The maximum atomic E-state index is 12.9. The lowest BCUT2D eigenvalue weighted by Crippen LogP contribution is -2.34. The van der Waals surface area contributed by atoms with Gasteiger partial charge in [-0.15, -0.1) is 0 Å². The van der Waals surface area contributed by atoms with Crippen LogP contribution in [0, 0.1) is 12.8 Å². The number of hydrogen-bond acceptors (Lipinski definition) is 4. The third-order valence-corrected chi connectivity index (χ3v) is 4.97. The molecule has 0 aromatic heterocycles. The van der Waals surface area contributed by atoms with Gasteiger partial charge in [-0.1, -0.05) is 48.0 Å². The molecule has 0 unspecified atom stereocenters. The lowest BCUT2D eigenvalue weighted by molar-refractivity contribution is -0.151. The van der Waals surface area contributed by atoms with Gasteiger partial charge < -0.3 is 9.47 Å². The summed E-state index contributed by atoms with van der Waals surface area (Å²) in [5, 5.41) is 0. The lowest BCUT2D eigenvalue weighted by Gasteiger charge is -2.30. The van der Waals surface area contributed by atoms with Crippen LogP contribution in [0.15, 0.2) is 54.6 Å². The first-order valence-corrected chi connectivity index (χ1v) is 9.16. The quantitative estimate of drug-likeness (QED) is 0.586. The summed E-state index contributed by atoms with van der Waals surface area (Å²) in [5.74, 6) is -1.19. The summed E-state index contributed by atoms with van der Waals surface area (Å²) in [6.45, 7) is 4.02. The molecule has 0 saturated carbocycles. The van der Waals surface area contributed by atoms with Gasteiger partial charge in [-0.25, -0.2) is 0 Å². The van der Waals surface area contributed by atoms with E-state index in [9.17, 15) is 9.59 Å². The first-order chi connectivity index (χ1) is 13.0. The topological polar surface area (TPSA) is 52.6 Å². The minimum Gasteiger partial charge on any atom is -0.496 e. The third kappa shape index (κ3) is 3.95. The van der Waals surface area contributed by atoms with Crippen LogP contribution in [0.2, 0.25) is 0 Å². The minimum atomic E-state index is -0.851. The fraction of sp³-hybridized carbons (Fsp3) is 0.304. The molecule has 140 valence electrons. The van der Waals surface area contributed by atoms with Crippen LogP contribution in [-0.4, -0.2) is 25.5 Å². The predicted molar refractivity (Wildman–Crippen MR) is 105 cm³/mol. The Hall–Kier alpha value is -2.88. The normalized spacial score (nSPS) is 19.4. The number of ketones is 1. The van der Waals surface area contributed by atoms with E-state index in [2.05, 4.69) is 0 Å². The number of benzene rings is 2. The van der Waals surface area contributed by atoms with E-state index < -0.39 is 11.9 Å². The summed E-state index contributed by atoms with van der Waals surface area (Å²) in [6.07, 6.45) is 2.16. The third-order valence-electron chi connectivity index (χ3n) is 4.97. The Labute approximate surface area is 159 Å². The molecule has 27 heavy (non-hydrogen) atoms. The maximum absolute atomic E-state index is 12.9.